The van der Waals surface area contributed by atoms with Gasteiger partial charge in [0.05, 0.1) is 13.2 Å². The van der Waals surface area contributed by atoms with Gasteiger partial charge in [0.25, 0.3) is 0 Å². The molecule has 3 nitrogen and oxygen atoms in total. The van der Waals surface area contributed by atoms with Gasteiger partial charge in [-0.05, 0) is 31.6 Å². The van der Waals surface area contributed by atoms with Crippen LogP contribution in [-0.2, 0) is 11.3 Å². The van der Waals surface area contributed by atoms with Gasteiger partial charge in [-0.1, -0.05) is 6.07 Å². The maximum atomic E-state index is 5.61. The Morgan fingerprint density at radius 2 is 2.57 bits per heavy atom. The van der Waals surface area contributed by atoms with Crippen molar-refractivity contribution in [2.75, 3.05) is 20.2 Å². The van der Waals surface area contributed by atoms with Crippen LogP contribution in [0.1, 0.15) is 12.0 Å². The Balaban J connectivity index is 1.68. The predicted octanol–water partition coefficient (Wildman–Crippen LogP) is 1.30. The van der Waals surface area contributed by atoms with Crippen molar-refractivity contribution >= 4 is 0 Å². The van der Waals surface area contributed by atoms with Crippen LogP contribution in [0.25, 0.3) is 0 Å². The van der Waals surface area contributed by atoms with Crippen molar-refractivity contribution in [2.24, 2.45) is 0 Å². The molecule has 1 fully saturated rings. The van der Waals surface area contributed by atoms with Crippen molar-refractivity contribution in [2.45, 2.75) is 19.1 Å². The molecule has 76 valence electrons. The number of likely N-dealkylation sites (tertiary alicyclic amines) is 1. The summed E-state index contributed by atoms with van der Waals surface area (Å²) in [6.07, 6.45) is 4.90. The Morgan fingerprint density at radius 3 is 3.14 bits per heavy atom. The van der Waals surface area contributed by atoms with Crippen molar-refractivity contribution in [1.29, 1.82) is 0 Å². The lowest BCUT2D eigenvalue weighted by atomic mass is 10.1. The molecular weight excluding hydrogens is 176 g/mol. The lowest BCUT2D eigenvalue weighted by Crippen LogP contribution is -2.47. The topological polar surface area (TPSA) is 25.4 Å². The highest BCUT2D eigenvalue weighted by Crippen LogP contribution is 2.14. The Kier molecular flexibility index (Phi) is 3.11. The van der Waals surface area contributed by atoms with Crippen molar-refractivity contribution in [3.05, 3.63) is 30.1 Å². The molecule has 1 aliphatic heterocycles. The number of rotatable bonds is 4. The minimum atomic E-state index is 0.631. The lowest BCUT2D eigenvalue weighted by Gasteiger charge is -2.37. The molecule has 0 bridgehead atoms. The van der Waals surface area contributed by atoms with Crippen LogP contribution in [0.5, 0.6) is 0 Å². The second-order valence-electron chi connectivity index (χ2n) is 3.80. The Bertz CT molecular complexity index is 276. The summed E-state index contributed by atoms with van der Waals surface area (Å²) in [6.45, 7) is 2.73. The van der Waals surface area contributed by atoms with E-state index < -0.39 is 0 Å². The number of aromatic nitrogens is 1. The summed E-state index contributed by atoms with van der Waals surface area (Å²) in [5.41, 5.74) is 1.15. The van der Waals surface area contributed by atoms with Gasteiger partial charge >= 0.3 is 0 Å². The van der Waals surface area contributed by atoms with Crippen molar-refractivity contribution in [3.63, 3.8) is 0 Å². The molecule has 1 saturated heterocycles. The zero-order valence-electron chi connectivity index (χ0n) is 8.52. The number of pyridine rings is 1. The average molecular weight is 192 g/mol. The first kappa shape index (κ1) is 9.62. The highest BCUT2D eigenvalue weighted by Gasteiger charge is 2.23. The summed E-state index contributed by atoms with van der Waals surface area (Å²) in [5.74, 6) is 0. The van der Waals surface area contributed by atoms with E-state index in [1.807, 2.05) is 18.3 Å². The third-order valence-corrected chi connectivity index (χ3v) is 2.74. The van der Waals surface area contributed by atoms with Crippen LogP contribution in [0.3, 0.4) is 0 Å². The van der Waals surface area contributed by atoms with Gasteiger partial charge in [-0.3, -0.25) is 4.98 Å². The van der Waals surface area contributed by atoms with Gasteiger partial charge in [-0.2, -0.15) is 0 Å². The average Bonchev–Trinajstić information content (AvgIpc) is 2.24. The van der Waals surface area contributed by atoms with Crippen molar-refractivity contribution in [1.82, 2.24) is 9.88 Å². The smallest absolute Gasteiger partial charge is 0.0732 e. The molecule has 2 rings (SSSR count). The van der Waals surface area contributed by atoms with E-state index >= 15 is 0 Å². The predicted molar refractivity (Wildman–Crippen MR) is 54.9 cm³/mol. The largest absolute Gasteiger partial charge is 0.375 e. The van der Waals surface area contributed by atoms with Gasteiger partial charge in [0.15, 0.2) is 0 Å². The molecule has 1 atom stereocenters. The molecule has 1 aliphatic rings. The number of hydrogen-bond donors (Lipinski definition) is 0. The molecule has 0 radical (unpaired) electrons. The molecule has 1 unspecified atom stereocenters. The Hall–Kier alpha value is -0.930. The van der Waals surface area contributed by atoms with Gasteiger partial charge in [-0.25, -0.2) is 0 Å². The lowest BCUT2D eigenvalue weighted by molar-refractivity contribution is 0.0143. The van der Waals surface area contributed by atoms with Crippen LogP contribution in [0.15, 0.2) is 24.5 Å². The molecule has 1 aromatic heterocycles. The number of nitrogens with zero attached hydrogens (tertiary/aromatic N) is 2. The Morgan fingerprint density at radius 1 is 1.64 bits per heavy atom. The van der Waals surface area contributed by atoms with E-state index in [-0.39, 0.29) is 0 Å². The highest BCUT2D eigenvalue weighted by molar-refractivity contribution is 5.06. The fourth-order valence-corrected chi connectivity index (χ4v) is 1.58. The summed E-state index contributed by atoms with van der Waals surface area (Å²) in [7, 11) is 2.14. The summed E-state index contributed by atoms with van der Waals surface area (Å²) in [5, 5.41) is 0. The molecule has 3 heteroatoms. The van der Waals surface area contributed by atoms with Crippen molar-refractivity contribution in [3.8, 4) is 0 Å². The Labute approximate surface area is 84.7 Å². The van der Waals surface area contributed by atoms with Gasteiger partial charge in [0.2, 0.25) is 0 Å². The van der Waals surface area contributed by atoms with Gasteiger partial charge in [0, 0.05) is 18.4 Å². The summed E-state index contributed by atoms with van der Waals surface area (Å²) in [6, 6.07) is 4.61. The molecule has 0 aromatic carbocycles. The fraction of sp³-hybridized carbons (Fsp3) is 0.545. The fourth-order valence-electron chi connectivity index (χ4n) is 1.58. The highest BCUT2D eigenvalue weighted by atomic mass is 16.5. The third-order valence-electron chi connectivity index (χ3n) is 2.74. The second-order valence-corrected chi connectivity index (χ2v) is 3.80. The van der Waals surface area contributed by atoms with Crippen LogP contribution in [-0.4, -0.2) is 36.1 Å². The molecule has 0 amide bonds. The zero-order valence-corrected chi connectivity index (χ0v) is 8.52. The summed E-state index contributed by atoms with van der Waals surface area (Å²) in [4.78, 5) is 6.36. The SMILES string of the molecule is CN1CCC1COCc1cccnc1. The molecule has 1 aromatic rings. The normalized spacial score (nSPS) is 21.9. The molecule has 0 saturated carbocycles. The van der Waals surface area contributed by atoms with E-state index in [9.17, 15) is 0 Å². The second kappa shape index (κ2) is 4.53. The van der Waals surface area contributed by atoms with Crippen molar-refractivity contribution < 1.29 is 4.74 Å². The first-order valence-electron chi connectivity index (χ1n) is 5.03. The van der Waals surface area contributed by atoms with Gasteiger partial charge < -0.3 is 9.64 Å². The first-order chi connectivity index (χ1) is 6.86. The zero-order chi connectivity index (χ0) is 9.80. The first-order valence-corrected chi connectivity index (χ1v) is 5.03. The van der Waals surface area contributed by atoms with E-state index in [1.54, 1.807) is 6.20 Å². The molecular formula is C11H16N2O. The molecule has 0 aliphatic carbocycles. The van der Waals surface area contributed by atoms with Gasteiger partial charge in [-0.15, -0.1) is 0 Å². The maximum absolute atomic E-state index is 5.61. The standard InChI is InChI=1S/C11H16N2O/c1-13-6-4-11(13)9-14-8-10-3-2-5-12-7-10/h2-3,5,7,11H,4,6,8-9H2,1H3. The number of ether oxygens (including phenoxy) is 1. The van der Waals surface area contributed by atoms with Crippen LogP contribution < -0.4 is 0 Å². The summed E-state index contributed by atoms with van der Waals surface area (Å²) < 4.78 is 5.61. The van der Waals surface area contributed by atoms with E-state index in [0.717, 1.165) is 12.2 Å². The minimum absolute atomic E-state index is 0.631. The molecule has 14 heavy (non-hydrogen) atoms. The van der Waals surface area contributed by atoms with Crippen LogP contribution in [0.4, 0.5) is 0 Å². The van der Waals surface area contributed by atoms with E-state index in [2.05, 4.69) is 16.9 Å². The monoisotopic (exact) mass is 192 g/mol. The number of hydrogen-bond acceptors (Lipinski definition) is 3. The van der Waals surface area contributed by atoms with Crippen LogP contribution in [0.2, 0.25) is 0 Å². The molecule has 2 heterocycles. The maximum Gasteiger partial charge on any atom is 0.0732 e. The van der Waals surface area contributed by atoms with Gasteiger partial charge in [0.1, 0.15) is 0 Å². The van der Waals surface area contributed by atoms with Crippen LogP contribution >= 0.6 is 0 Å². The minimum Gasteiger partial charge on any atom is -0.375 e. The van der Waals surface area contributed by atoms with E-state index in [4.69, 9.17) is 4.74 Å². The summed E-state index contributed by atoms with van der Waals surface area (Å²) >= 11 is 0. The molecule has 0 N–H and O–H groups in total. The number of likely N-dealkylation sites (N-methyl/N-ethyl adjacent to an activating group) is 1. The van der Waals surface area contributed by atoms with E-state index in [0.29, 0.717) is 12.6 Å². The van der Waals surface area contributed by atoms with Crippen LogP contribution in [0, 0.1) is 0 Å². The van der Waals surface area contributed by atoms with E-state index in [1.165, 1.54) is 13.0 Å². The quantitative estimate of drug-likeness (QED) is 0.719. The third kappa shape index (κ3) is 2.30. The molecule has 0 spiro atoms.